The van der Waals surface area contributed by atoms with E-state index in [-0.39, 0.29) is 0 Å². The fourth-order valence-corrected chi connectivity index (χ4v) is 2.44. The minimum absolute atomic E-state index is 0.538. The van der Waals surface area contributed by atoms with Crippen LogP contribution in [0.5, 0.6) is 0 Å². The van der Waals surface area contributed by atoms with Crippen LogP contribution in [0.1, 0.15) is 13.3 Å². The van der Waals surface area contributed by atoms with Crippen LogP contribution in [0.25, 0.3) is 0 Å². The number of rotatable bonds is 2. The Morgan fingerprint density at radius 2 is 2.19 bits per heavy atom. The van der Waals surface area contributed by atoms with Crippen molar-refractivity contribution in [2.24, 2.45) is 7.05 Å². The fourth-order valence-electron chi connectivity index (χ4n) is 2.44. The zero-order chi connectivity index (χ0) is 11.7. The summed E-state index contributed by atoms with van der Waals surface area (Å²) >= 11 is 0. The van der Waals surface area contributed by atoms with Crippen LogP contribution in [0.2, 0.25) is 0 Å². The molecule has 0 unspecified atom stereocenters. The third kappa shape index (κ3) is 1.87. The molecule has 1 aromatic rings. The van der Waals surface area contributed by atoms with E-state index in [2.05, 4.69) is 28.9 Å². The molecule has 16 heavy (non-hydrogen) atoms. The monoisotopic (exact) mass is 223 g/mol. The SMILES string of the molecule is CC[C@H]1CN(C)CCN1c1c(N)cnn1C. The Morgan fingerprint density at radius 1 is 1.44 bits per heavy atom. The van der Waals surface area contributed by atoms with Crippen LogP contribution in [0.3, 0.4) is 0 Å². The van der Waals surface area contributed by atoms with Crippen molar-refractivity contribution in [2.75, 3.05) is 37.3 Å². The van der Waals surface area contributed by atoms with E-state index in [1.165, 1.54) is 0 Å². The second kappa shape index (κ2) is 4.33. The van der Waals surface area contributed by atoms with Crippen LogP contribution in [-0.4, -0.2) is 47.4 Å². The molecule has 0 aromatic carbocycles. The molecular weight excluding hydrogens is 202 g/mol. The minimum atomic E-state index is 0.538. The Morgan fingerprint density at radius 3 is 2.75 bits per heavy atom. The number of aromatic nitrogens is 2. The quantitative estimate of drug-likeness (QED) is 0.794. The number of hydrogen-bond donors (Lipinski definition) is 1. The van der Waals surface area contributed by atoms with E-state index in [1.807, 2.05) is 11.7 Å². The highest BCUT2D eigenvalue weighted by Crippen LogP contribution is 2.26. The summed E-state index contributed by atoms with van der Waals surface area (Å²) in [5.74, 6) is 1.07. The number of anilines is 2. The largest absolute Gasteiger partial charge is 0.394 e. The van der Waals surface area contributed by atoms with Crippen molar-refractivity contribution in [1.82, 2.24) is 14.7 Å². The van der Waals surface area contributed by atoms with Gasteiger partial charge in [-0.1, -0.05) is 6.92 Å². The molecule has 2 N–H and O–H groups in total. The molecule has 1 atom stereocenters. The maximum absolute atomic E-state index is 5.99. The van der Waals surface area contributed by atoms with Crippen molar-refractivity contribution < 1.29 is 0 Å². The predicted molar refractivity (Wildman–Crippen MR) is 66.5 cm³/mol. The molecular formula is C11H21N5. The molecule has 0 aliphatic carbocycles. The van der Waals surface area contributed by atoms with E-state index in [4.69, 9.17) is 5.73 Å². The average molecular weight is 223 g/mol. The van der Waals surface area contributed by atoms with Crippen LogP contribution >= 0.6 is 0 Å². The highest BCUT2D eigenvalue weighted by molar-refractivity contribution is 5.63. The van der Waals surface area contributed by atoms with E-state index in [1.54, 1.807) is 6.20 Å². The summed E-state index contributed by atoms with van der Waals surface area (Å²) < 4.78 is 1.88. The molecule has 0 spiro atoms. The average Bonchev–Trinajstić information content (AvgIpc) is 2.59. The van der Waals surface area contributed by atoms with Gasteiger partial charge in [0, 0.05) is 32.7 Å². The van der Waals surface area contributed by atoms with Crippen LogP contribution in [-0.2, 0) is 7.05 Å². The second-order valence-corrected chi connectivity index (χ2v) is 4.56. The lowest BCUT2D eigenvalue weighted by atomic mass is 10.1. The van der Waals surface area contributed by atoms with Gasteiger partial charge in [-0.15, -0.1) is 0 Å². The van der Waals surface area contributed by atoms with Crippen molar-refractivity contribution >= 4 is 11.5 Å². The van der Waals surface area contributed by atoms with Crippen molar-refractivity contribution in [2.45, 2.75) is 19.4 Å². The van der Waals surface area contributed by atoms with Gasteiger partial charge in [0.05, 0.1) is 11.9 Å². The Kier molecular flexibility index (Phi) is 3.05. The number of likely N-dealkylation sites (N-methyl/N-ethyl adjacent to an activating group) is 1. The molecule has 90 valence electrons. The number of piperazine rings is 1. The molecule has 5 heteroatoms. The Bertz CT molecular complexity index is 340. The summed E-state index contributed by atoms with van der Waals surface area (Å²) in [7, 11) is 4.13. The first-order chi connectivity index (χ1) is 7.63. The maximum Gasteiger partial charge on any atom is 0.150 e. The normalized spacial score (nSPS) is 22.7. The summed E-state index contributed by atoms with van der Waals surface area (Å²) in [6, 6.07) is 0.538. The molecule has 1 fully saturated rings. The smallest absolute Gasteiger partial charge is 0.150 e. The number of nitrogen functional groups attached to an aromatic ring is 1. The molecule has 1 saturated heterocycles. The molecule has 0 amide bonds. The molecule has 1 aliphatic rings. The summed E-state index contributed by atoms with van der Waals surface area (Å²) in [5, 5.41) is 4.22. The Hall–Kier alpha value is -1.23. The topological polar surface area (TPSA) is 50.3 Å². The highest BCUT2D eigenvalue weighted by atomic mass is 15.4. The molecule has 1 aliphatic heterocycles. The predicted octanol–water partition coefficient (Wildman–Crippen LogP) is 0.533. The lowest BCUT2D eigenvalue weighted by Gasteiger charge is -2.41. The number of nitrogens with two attached hydrogens (primary N) is 1. The zero-order valence-electron chi connectivity index (χ0n) is 10.3. The van der Waals surface area contributed by atoms with Gasteiger partial charge in [0.15, 0.2) is 0 Å². The van der Waals surface area contributed by atoms with Crippen molar-refractivity contribution in [3.8, 4) is 0 Å². The van der Waals surface area contributed by atoms with Crippen LogP contribution in [0.15, 0.2) is 6.20 Å². The summed E-state index contributed by atoms with van der Waals surface area (Å²) in [5.41, 5.74) is 6.77. The van der Waals surface area contributed by atoms with E-state index < -0.39 is 0 Å². The molecule has 0 saturated carbocycles. The summed E-state index contributed by atoms with van der Waals surface area (Å²) in [4.78, 5) is 4.76. The van der Waals surface area contributed by atoms with Gasteiger partial charge in [0.2, 0.25) is 0 Å². The molecule has 2 heterocycles. The van der Waals surface area contributed by atoms with Crippen molar-refractivity contribution in [3.05, 3.63) is 6.20 Å². The Balaban J connectivity index is 2.25. The third-order valence-electron chi connectivity index (χ3n) is 3.36. The first kappa shape index (κ1) is 11.3. The second-order valence-electron chi connectivity index (χ2n) is 4.56. The Labute approximate surface area is 96.8 Å². The van der Waals surface area contributed by atoms with Crippen LogP contribution in [0.4, 0.5) is 11.5 Å². The molecule has 5 nitrogen and oxygen atoms in total. The van der Waals surface area contributed by atoms with E-state index in [9.17, 15) is 0 Å². The highest BCUT2D eigenvalue weighted by Gasteiger charge is 2.27. The summed E-state index contributed by atoms with van der Waals surface area (Å²) in [6.45, 7) is 5.43. The van der Waals surface area contributed by atoms with Gasteiger partial charge < -0.3 is 15.5 Å². The first-order valence-corrected chi connectivity index (χ1v) is 5.86. The minimum Gasteiger partial charge on any atom is -0.394 e. The zero-order valence-corrected chi connectivity index (χ0v) is 10.3. The molecule has 0 bridgehead atoms. The standard InChI is InChI=1S/C11H21N5/c1-4-9-8-14(2)5-6-16(9)11-10(12)7-13-15(11)3/h7,9H,4-6,8,12H2,1-3H3/t9-/m0/s1. The van der Waals surface area contributed by atoms with Crippen LogP contribution in [0, 0.1) is 0 Å². The lowest BCUT2D eigenvalue weighted by Crippen LogP contribution is -2.52. The molecule has 0 radical (unpaired) electrons. The van der Waals surface area contributed by atoms with E-state index >= 15 is 0 Å². The number of aryl methyl sites for hydroxylation is 1. The fraction of sp³-hybridized carbons (Fsp3) is 0.727. The summed E-state index contributed by atoms with van der Waals surface area (Å²) in [6.07, 6.45) is 2.87. The van der Waals surface area contributed by atoms with E-state index in [0.29, 0.717) is 6.04 Å². The maximum atomic E-state index is 5.99. The van der Waals surface area contributed by atoms with Gasteiger partial charge in [0.25, 0.3) is 0 Å². The van der Waals surface area contributed by atoms with Gasteiger partial charge >= 0.3 is 0 Å². The third-order valence-corrected chi connectivity index (χ3v) is 3.36. The number of nitrogens with zero attached hydrogens (tertiary/aromatic N) is 4. The molecule has 1 aromatic heterocycles. The van der Waals surface area contributed by atoms with Gasteiger partial charge in [0.1, 0.15) is 5.82 Å². The van der Waals surface area contributed by atoms with Gasteiger partial charge in [-0.2, -0.15) is 5.10 Å². The van der Waals surface area contributed by atoms with E-state index in [0.717, 1.165) is 37.6 Å². The first-order valence-electron chi connectivity index (χ1n) is 5.86. The van der Waals surface area contributed by atoms with Gasteiger partial charge in [-0.25, -0.2) is 0 Å². The molecule has 2 rings (SSSR count). The van der Waals surface area contributed by atoms with Gasteiger partial charge in [-0.05, 0) is 13.5 Å². The lowest BCUT2D eigenvalue weighted by molar-refractivity contribution is 0.261. The number of hydrogen-bond acceptors (Lipinski definition) is 4. The van der Waals surface area contributed by atoms with Crippen molar-refractivity contribution in [3.63, 3.8) is 0 Å². The van der Waals surface area contributed by atoms with Crippen LogP contribution < -0.4 is 10.6 Å². The van der Waals surface area contributed by atoms with Gasteiger partial charge in [-0.3, -0.25) is 4.68 Å². The van der Waals surface area contributed by atoms with Crippen molar-refractivity contribution in [1.29, 1.82) is 0 Å².